The Balaban J connectivity index is 1.55. The lowest BCUT2D eigenvalue weighted by Gasteiger charge is -2.25. The number of alkyl halides is 3. The predicted molar refractivity (Wildman–Crippen MR) is 112 cm³/mol. The molecule has 0 saturated heterocycles. The van der Waals surface area contributed by atoms with Crippen molar-refractivity contribution in [1.82, 2.24) is 4.90 Å². The Morgan fingerprint density at radius 2 is 1.91 bits per heavy atom. The van der Waals surface area contributed by atoms with E-state index >= 15 is 0 Å². The van der Waals surface area contributed by atoms with Crippen molar-refractivity contribution in [2.45, 2.75) is 25.2 Å². The van der Waals surface area contributed by atoms with E-state index in [0.717, 1.165) is 18.2 Å². The molecule has 2 heterocycles. The molecule has 0 bridgehead atoms. The molecule has 1 aromatic heterocycles. The first-order valence-corrected chi connectivity index (χ1v) is 10.3. The fraction of sp³-hybridized carbons (Fsp3) is 0.217. The minimum absolute atomic E-state index is 0.00698. The summed E-state index contributed by atoms with van der Waals surface area (Å²) in [6.45, 7) is -0.131. The van der Waals surface area contributed by atoms with Gasteiger partial charge in [-0.2, -0.15) is 13.2 Å². The van der Waals surface area contributed by atoms with Gasteiger partial charge in [0.05, 0.1) is 12.1 Å². The zero-order valence-corrected chi connectivity index (χ0v) is 17.7. The highest BCUT2D eigenvalue weighted by Gasteiger charge is 2.32. The molecule has 0 spiro atoms. The van der Waals surface area contributed by atoms with Gasteiger partial charge in [0, 0.05) is 18.5 Å². The van der Waals surface area contributed by atoms with Gasteiger partial charge >= 0.3 is 6.18 Å². The second-order valence-electron chi connectivity index (χ2n) is 7.47. The van der Waals surface area contributed by atoms with Gasteiger partial charge in [-0.05, 0) is 59.6 Å². The smallest absolute Gasteiger partial charge is 0.416 e. The van der Waals surface area contributed by atoms with Crippen LogP contribution in [0.2, 0.25) is 5.22 Å². The van der Waals surface area contributed by atoms with E-state index in [2.05, 4.69) is 5.16 Å². The van der Waals surface area contributed by atoms with E-state index in [1.165, 1.54) is 35.2 Å². The van der Waals surface area contributed by atoms with E-state index in [-0.39, 0.29) is 29.4 Å². The van der Waals surface area contributed by atoms with Gasteiger partial charge < -0.3 is 14.2 Å². The summed E-state index contributed by atoms with van der Waals surface area (Å²) < 4.78 is 58.4. The lowest BCUT2D eigenvalue weighted by molar-refractivity contribution is -0.137. The number of halogens is 5. The van der Waals surface area contributed by atoms with Crippen LogP contribution in [0.1, 0.15) is 33.7 Å². The first kappa shape index (κ1) is 22.8. The Labute approximate surface area is 191 Å². The van der Waals surface area contributed by atoms with E-state index < -0.39 is 29.6 Å². The lowest BCUT2D eigenvalue weighted by Crippen LogP contribution is -2.37. The number of amides is 1. The number of oxime groups is 1. The van der Waals surface area contributed by atoms with Gasteiger partial charge in [0.15, 0.2) is 17.1 Å². The number of benzene rings is 2. The largest absolute Gasteiger partial charge is 0.443 e. The van der Waals surface area contributed by atoms with Crippen molar-refractivity contribution < 1.29 is 31.6 Å². The lowest BCUT2D eigenvalue weighted by atomic mass is 10.1. The SMILES string of the molecule is O=C(c1cccc(F)c1)N(Cc1cccc(C(F)(F)F)c1)CC1CC(c2ccc(Cl)o2)=NO1. The molecule has 1 aliphatic rings. The second kappa shape index (κ2) is 9.27. The van der Waals surface area contributed by atoms with Crippen molar-refractivity contribution in [2.75, 3.05) is 6.54 Å². The van der Waals surface area contributed by atoms with Gasteiger partial charge in [0.25, 0.3) is 5.91 Å². The molecule has 0 fully saturated rings. The van der Waals surface area contributed by atoms with Crippen LogP contribution in [0.25, 0.3) is 0 Å². The van der Waals surface area contributed by atoms with Crippen molar-refractivity contribution in [1.29, 1.82) is 0 Å². The fourth-order valence-corrected chi connectivity index (χ4v) is 3.62. The van der Waals surface area contributed by atoms with Gasteiger partial charge in [-0.15, -0.1) is 0 Å². The number of carbonyl (C=O) groups is 1. The van der Waals surface area contributed by atoms with Crippen LogP contribution in [0.15, 0.2) is 70.2 Å². The van der Waals surface area contributed by atoms with E-state index in [1.807, 2.05) is 0 Å². The molecule has 1 atom stereocenters. The van der Waals surface area contributed by atoms with E-state index in [4.69, 9.17) is 20.9 Å². The van der Waals surface area contributed by atoms with Crippen LogP contribution in [0.4, 0.5) is 17.6 Å². The molecular formula is C23H17ClF4N2O3. The van der Waals surface area contributed by atoms with E-state index in [9.17, 15) is 22.4 Å². The van der Waals surface area contributed by atoms with Crippen molar-refractivity contribution >= 4 is 23.2 Å². The quantitative estimate of drug-likeness (QED) is 0.411. The highest BCUT2D eigenvalue weighted by molar-refractivity contribution is 6.29. The maximum atomic E-state index is 13.7. The van der Waals surface area contributed by atoms with Crippen molar-refractivity contribution in [3.8, 4) is 0 Å². The Morgan fingerprint density at radius 1 is 1.12 bits per heavy atom. The standard InChI is InChI=1S/C23H17ClF4N2O3/c24-21-8-7-20(32-21)19-11-18(33-29-19)13-30(22(31)15-4-2-6-17(25)10-15)12-14-3-1-5-16(9-14)23(26,27)28/h1-10,18H,11-13H2. The van der Waals surface area contributed by atoms with Gasteiger partial charge in [-0.3, -0.25) is 4.79 Å². The Kier molecular flexibility index (Phi) is 6.42. The van der Waals surface area contributed by atoms with Crippen LogP contribution in [0.3, 0.4) is 0 Å². The molecule has 0 radical (unpaired) electrons. The molecule has 1 unspecified atom stereocenters. The van der Waals surface area contributed by atoms with Gasteiger partial charge in [-0.1, -0.05) is 23.4 Å². The molecule has 33 heavy (non-hydrogen) atoms. The Hall–Kier alpha value is -3.33. The molecular weight excluding hydrogens is 464 g/mol. The summed E-state index contributed by atoms with van der Waals surface area (Å²) >= 11 is 5.79. The molecule has 3 aromatic rings. The molecule has 5 nitrogen and oxygen atoms in total. The van der Waals surface area contributed by atoms with Crippen LogP contribution in [0, 0.1) is 5.82 Å². The van der Waals surface area contributed by atoms with Gasteiger partial charge in [0.1, 0.15) is 11.5 Å². The first-order valence-electron chi connectivity index (χ1n) is 9.88. The normalized spacial score (nSPS) is 15.8. The average Bonchev–Trinajstić information content (AvgIpc) is 3.41. The molecule has 0 aliphatic carbocycles. The number of hydrogen-bond acceptors (Lipinski definition) is 4. The molecule has 172 valence electrons. The van der Waals surface area contributed by atoms with Crippen LogP contribution in [0.5, 0.6) is 0 Å². The summed E-state index contributed by atoms with van der Waals surface area (Å²) in [4.78, 5) is 19.9. The molecule has 1 aliphatic heterocycles. The highest BCUT2D eigenvalue weighted by Crippen LogP contribution is 2.30. The summed E-state index contributed by atoms with van der Waals surface area (Å²) in [5.41, 5.74) is 0.00479. The predicted octanol–water partition coefficient (Wildman–Crippen LogP) is 5.93. The summed E-state index contributed by atoms with van der Waals surface area (Å²) in [7, 11) is 0. The maximum absolute atomic E-state index is 13.7. The van der Waals surface area contributed by atoms with Crippen LogP contribution >= 0.6 is 11.6 Å². The summed E-state index contributed by atoms with van der Waals surface area (Å²) in [6.07, 6.45) is -4.80. The van der Waals surface area contributed by atoms with Crippen LogP contribution in [-0.4, -0.2) is 29.2 Å². The Morgan fingerprint density at radius 3 is 2.61 bits per heavy atom. The summed E-state index contributed by atoms with van der Waals surface area (Å²) in [6, 6.07) is 13.0. The zero-order valence-electron chi connectivity index (χ0n) is 17.0. The number of nitrogens with zero attached hydrogens (tertiary/aromatic N) is 2. The third-order valence-electron chi connectivity index (χ3n) is 5.00. The van der Waals surface area contributed by atoms with Gasteiger partial charge in [0.2, 0.25) is 0 Å². The average molecular weight is 481 g/mol. The monoisotopic (exact) mass is 480 g/mol. The van der Waals surface area contributed by atoms with Crippen molar-refractivity contribution in [3.05, 3.63) is 94.2 Å². The fourth-order valence-electron chi connectivity index (χ4n) is 3.48. The molecule has 4 rings (SSSR count). The first-order chi connectivity index (χ1) is 15.7. The molecule has 1 amide bonds. The number of rotatable bonds is 6. The van der Waals surface area contributed by atoms with E-state index in [0.29, 0.717) is 17.9 Å². The Bertz CT molecular complexity index is 1190. The topological polar surface area (TPSA) is 55.0 Å². The number of furan rings is 1. The van der Waals surface area contributed by atoms with Crippen molar-refractivity contribution in [2.24, 2.45) is 5.16 Å². The zero-order chi connectivity index (χ0) is 23.6. The molecule has 10 heteroatoms. The van der Waals surface area contributed by atoms with E-state index in [1.54, 1.807) is 12.1 Å². The summed E-state index contributed by atoms with van der Waals surface area (Å²) in [5.74, 6) is -0.731. The number of hydrogen-bond donors (Lipinski definition) is 0. The third kappa shape index (κ3) is 5.54. The van der Waals surface area contributed by atoms with Crippen LogP contribution < -0.4 is 0 Å². The molecule has 0 saturated carbocycles. The van der Waals surface area contributed by atoms with Gasteiger partial charge in [-0.25, -0.2) is 4.39 Å². The minimum Gasteiger partial charge on any atom is -0.443 e. The van der Waals surface area contributed by atoms with Crippen LogP contribution in [-0.2, 0) is 17.6 Å². The third-order valence-corrected chi connectivity index (χ3v) is 5.20. The number of carbonyl (C=O) groups excluding carboxylic acids is 1. The van der Waals surface area contributed by atoms with Crippen molar-refractivity contribution in [3.63, 3.8) is 0 Å². The molecule has 2 aromatic carbocycles. The maximum Gasteiger partial charge on any atom is 0.416 e. The second-order valence-corrected chi connectivity index (χ2v) is 7.84. The minimum atomic E-state index is -4.52. The molecule has 0 N–H and O–H groups in total. The highest BCUT2D eigenvalue weighted by atomic mass is 35.5. The summed E-state index contributed by atoms with van der Waals surface area (Å²) in [5, 5.41) is 4.15.